The molecule has 4 rings (SSSR count). The van der Waals surface area contributed by atoms with Crippen LogP contribution in [0.3, 0.4) is 0 Å². The number of nitrogens with zero attached hydrogens (tertiary/aromatic N) is 3. The molecule has 0 amide bonds. The molecule has 0 radical (unpaired) electrons. The molecule has 168 valence electrons. The first-order chi connectivity index (χ1) is 15.9. The Morgan fingerprint density at radius 1 is 1.15 bits per heavy atom. The summed E-state index contributed by atoms with van der Waals surface area (Å²) in [5, 5.41) is 5.68. The highest BCUT2D eigenvalue weighted by Gasteiger charge is 2.12. The Labute approximate surface area is 231 Å². The van der Waals surface area contributed by atoms with Crippen LogP contribution < -0.4 is 10.3 Å². The number of halogens is 4. The Morgan fingerprint density at radius 2 is 1.88 bits per heavy atom. The summed E-state index contributed by atoms with van der Waals surface area (Å²) in [4.78, 5) is 17.7. The van der Waals surface area contributed by atoms with Gasteiger partial charge in [-0.2, -0.15) is 9.78 Å². The van der Waals surface area contributed by atoms with Crippen molar-refractivity contribution in [1.82, 2.24) is 9.66 Å². The Hall–Kier alpha value is -1.50. The normalized spacial score (nSPS) is 11.4. The van der Waals surface area contributed by atoms with Gasteiger partial charge in [0, 0.05) is 21.5 Å². The molecule has 3 aromatic carbocycles. The number of ether oxygens (including phenoxy) is 1. The second kappa shape index (κ2) is 10.8. The van der Waals surface area contributed by atoms with Gasteiger partial charge in [0.05, 0.1) is 24.3 Å². The van der Waals surface area contributed by atoms with E-state index >= 15 is 0 Å². The van der Waals surface area contributed by atoms with Crippen molar-refractivity contribution in [3.8, 4) is 5.75 Å². The number of hydrogen-bond acceptors (Lipinski definition) is 4. The van der Waals surface area contributed by atoms with Crippen LogP contribution in [0.15, 0.2) is 69.0 Å². The van der Waals surface area contributed by atoms with E-state index in [1.807, 2.05) is 55.5 Å². The zero-order chi connectivity index (χ0) is 23.5. The van der Waals surface area contributed by atoms with Gasteiger partial charge in [-0.1, -0.05) is 52.7 Å². The molecule has 4 aromatic rings. The Balaban J connectivity index is 1.64. The molecule has 0 aliphatic carbocycles. The van der Waals surface area contributed by atoms with Crippen molar-refractivity contribution in [3.05, 3.63) is 98.5 Å². The molecule has 1 heterocycles. The number of fused-ring (bicyclic) bond motifs is 1. The molecule has 0 N–H and O–H groups in total. The van der Waals surface area contributed by atoms with Gasteiger partial charge in [0.25, 0.3) is 5.56 Å². The molecule has 9 heteroatoms. The predicted octanol–water partition coefficient (Wildman–Crippen LogP) is 7.05. The van der Waals surface area contributed by atoms with Crippen LogP contribution in [0.25, 0.3) is 10.9 Å². The first-order valence-electron chi connectivity index (χ1n) is 9.98. The van der Waals surface area contributed by atoms with Crippen LogP contribution in [0.4, 0.5) is 0 Å². The van der Waals surface area contributed by atoms with E-state index in [1.165, 1.54) is 4.68 Å². The van der Waals surface area contributed by atoms with Gasteiger partial charge < -0.3 is 4.74 Å². The van der Waals surface area contributed by atoms with Crippen molar-refractivity contribution in [2.75, 3.05) is 0 Å². The Morgan fingerprint density at radius 3 is 2.58 bits per heavy atom. The molecule has 0 saturated heterocycles. The average Bonchev–Trinajstić information content (AvgIpc) is 2.79. The molecule has 0 aliphatic heterocycles. The van der Waals surface area contributed by atoms with Gasteiger partial charge in [0.2, 0.25) is 0 Å². The van der Waals surface area contributed by atoms with E-state index < -0.39 is 0 Å². The van der Waals surface area contributed by atoms with Crippen molar-refractivity contribution in [2.45, 2.75) is 20.0 Å². The van der Waals surface area contributed by atoms with Crippen molar-refractivity contribution in [1.29, 1.82) is 0 Å². The fourth-order valence-corrected chi connectivity index (χ4v) is 5.90. The summed E-state index contributed by atoms with van der Waals surface area (Å²) in [7, 11) is 0. The van der Waals surface area contributed by atoms with Gasteiger partial charge in [-0.15, -0.1) is 0 Å². The van der Waals surface area contributed by atoms with Crippen LogP contribution in [-0.4, -0.2) is 15.9 Å². The largest absolute Gasteiger partial charge is 0.487 e. The second-order valence-electron chi connectivity index (χ2n) is 7.10. The summed E-state index contributed by atoms with van der Waals surface area (Å²) in [6, 6.07) is 17.0. The average molecular weight is 749 g/mol. The van der Waals surface area contributed by atoms with E-state index in [1.54, 1.807) is 12.3 Å². The lowest BCUT2D eigenvalue weighted by Gasteiger charge is -2.12. The van der Waals surface area contributed by atoms with Crippen LogP contribution in [0, 0.1) is 7.14 Å². The third kappa shape index (κ3) is 5.60. The van der Waals surface area contributed by atoms with E-state index in [0.29, 0.717) is 34.8 Å². The lowest BCUT2D eigenvalue weighted by molar-refractivity contribution is 0.302. The number of benzene rings is 3. The van der Waals surface area contributed by atoms with Gasteiger partial charge in [0.15, 0.2) is 0 Å². The number of hydrogen-bond donors (Lipinski definition) is 0. The molecule has 0 saturated carbocycles. The van der Waals surface area contributed by atoms with Crippen LogP contribution in [-0.2, 0) is 13.0 Å². The number of rotatable bonds is 6. The molecule has 5 nitrogen and oxygen atoms in total. The third-order valence-electron chi connectivity index (χ3n) is 4.86. The van der Waals surface area contributed by atoms with Crippen molar-refractivity contribution in [2.24, 2.45) is 5.10 Å². The van der Waals surface area contributed by atoms with E-state index in [4.69, 9.17) is 16.3 Å². The smallest absolute Gasteiger partial charge is 0.282 e. The SMILES string of the molecule is CCc1nc2ccc(Br)cc2c(=O)n1N=Cc1cc(I)c(OCc2ccccc2Cl)c(I)c1. The zero-order valence-corrected chi connectivity index (χ0v) is 24.0. The van der Waals surface area contributed by atoms with Gasteiger partial charge in [-0.25, -0.2) is 4.98 Å². The quantitative estimate of drug-likeness (QED) is 0.157. The fraction of sp³-hybridized carbons (Fsp3) is 0.125. The number of aryl methyl sites for hydroxylation is 1. The Bertz CT molecular complexity index is 1420. The van der Waals surface area contributed by atoms with Gasteiger partial charge in [0.1, 0.15) is 18.2 Å². The van der Waals surface area contributed by atoms with Gasteiger partial charge in [-0.05, 0) is 87.1 Å². The summed E-state index contributed by atoms with van der Waals surface area (Å²) in [6.45, 7) is 2.34. The highest BCUT2D eigenvalue weighted by molar-refractivity contribution is 14.1. The minimum Gasteiger partial charge on any atom is -0.487 e. The van der Waals surface area contributed by atoms with E-state index in [2.05, 4.69) is 71.2 Å². The molecule has 0 bridgehead atoms. The maximum absolute atomic E-state index is 13.1. The maximum atomic E-state index is 13.1. The highest BCUT2D eigenvalue weighted by Crippen LogP contribution is 2.30. The molecule has 33 heavy (non-hydrogen) atoms. The first-order valence-corrected chi connectivity index (χ1v) is 13.3. The molecule has 1 aromatic heterocycles. The molecule has 0 fully saturated rings. The van der Waals surface area contributed by atoms with Crippen LogP contribution >= 0.6 is 72.7 Å². The second-order valence-corrected chi connectivity index (χ2v) is 10.7. The summed E-state index contributed by atoms with van der Waals surface area (Å²) in [5.41, 5.74) is 2.25. The number of aromatic nitrogens is 2. The first kappa shape index (κ1) is 24.6. The summed E-state index contributed by atoms with van der Waals surface area (Å²) < 4.78 is 10.1. The molecular weight excluding hydrogens is 731 g/mol. The van der Waals surface area contributed by atoms with Crippen molar-refractivity contribution < 1.29 is 4.74 Å². The fourth-order valence-electron chi connectivity index (χ4n) is 3.22. The highest BCUT2D eigenvalue weighted by atomic mass is 127. The van der Waals surface area contributed by atoms with Crippen LogP contribution in [0.5, 0.6) is 5.75 Å². The molecule has 0 unspecified atom stereocenters. The third-order valence-corrected chi connectivity index (χ3v) is 7.33. The molecule has 0 spiro atoms. The van der Waals surface area contributed by atoms with E-state index in [9.17, 15) is 4.79 Å². The lowest BCUT2D eigenvalue weighted by Crippen LogP contribution is -2.22. The topological polar surface area (TPSA) is 56.5 Å². The van der Waals surface area contributed by atoms with Gasteiger partial charge in [-0.3, -0.25) is 4.79 Å². The standard InChI is InChI=1S/C24H17BrClI2N3O2/c1-2-22-30-21-8-7-16(25)11-17(21)24(32)31(22)29-12-14-9-19(27)23(20(28)10-14)33-13-15-5-3-4-6-18(15)26/h3-12H,2,13H2,1H3. The maximum Gasteiger partial charge on any atom is 0.282 e. The Kier molecular flexibility index (Phi) is 8.08. The summed E-state index contributed by atoms with van der Waals surface area (Å²) in [5.74, 6) is 1.40. The monoisotopic (exact) mass is 747 g/mol. The minimum absolute atomic E-state index is 0.196. The summed E-state index contributed by atoms with van der Waals surface area (Å²) in [6.07, 6.45) is 2.26. The lowest BCUT2D eigenvalue weighted by atomic mass is 10.2. The van der Waals surface area contributed by atoms with Crippen LogP contribution in [0.2, 0.25) is 5.02 Å². The summed E-state index contributed by atoms with van der Waals surface area (Å²) >= 11 is 14.1. The molecule has 0 atom stereocenters. The molecule has 0 aliphatic rings. The predicted molar refractivity (Wildman–Crippen MR) is 154 cm³/mol. The molecular formula is C24H17BrClI2N3O2. The van der Waals surface area contributed by atoms with Crippen LogP contribution in [0.1, 0.15) is 23.9 Å². The zero-order valence-electron chi connectivity index (χ0n) is 17.4. The van der Waals surface area contributed by atoms with Crippen molar-refractivity contribution in [3.63, 3.8) is 0 Å². The van der Waals surface area contributed by atoms with Gasteiger partial charge >= 0.3 is 0 Å². The minimum atomic E-state index is -0.196. The van der Waals surface area contributed by atoms with Crippen molar-refractivity contribution >= 4 is 89.8 Å². The van der Waals surface area contributed by atoms with E-state index in [-0.39, 0.29) is 5.56 Å². The van der Waals surface area contributed by atoms with E-state index in [0.717, 1.165) is 28.5 Å².